The Labute approximate surface area is 133 Å². The Balaban J connectivity index is 2.62. The summed E-state index contributed by atoms with van der Waals surface area (Å²) in [6.07, 6.45) is 0. The number of allylic oxidation sites excluding steroid dienone is 2. The van der Waals surface area contributed by atoms with Gasteiger partial charge in [0, 0.05) is 5.56 Å². The molecule has 2 rings (SSSR count). The molecule has 5 heteroatoms. The van der Waals surface area contributed by atoms with E-state index in [0.717, 1.165) is 16.7 Å². The molecule has 1 aromatic carbocycles. The van der Waals surface area contributed by atoms with Crippen LogP contribution in [0.25, 0.3) is 0 Å². The number of nitriles is 2. The van der Waals surface area contributed by atoms with Crippen molar-refractivity contribution in [3.05, 3.63) is 56.3 Å². The number of rotatable bonds is 1. The van der Waals surface area contributed by atoms with Crippen molar-refractivity contribution in [1.82, 2.24) is 0 Å². The van der Waals surface area contributed by atoms with Gasteiger partial charge in [-0.05, 0) is 44.1 Å². The molecule has 1 atom stereocenters. The maximum absolute atomic E-state index is 9.04. The van der Waals surface area contributed by atoms with Crippen LogP contribution in [-0.4, -0.2) is 0 Å². The molecule has 1 aromatic rings. The Kier molecular flexibility index (Phi) is 4.01. The van der Waals surface area contributed by atoms with Crippen LogP contribution in [0, 0.1) is 22.7 Å². The molecule has 1 aliphatic rings. The third-order valence-electron chi connectivity index (χ3n) is 3.85. The van der Waals surface area contributed by atoms with Crippen LogP contribution >= 0.6 is 23.2 Å². The zero-order valence-corrected chi connectivity index (χ0v) is 13.3. The van der Waals surface area contributed by atoms with Crippen molar-refractivity contribution in [3.8, 4) is 12.1 Å². The van der Waals surface area contributed by atoms with E-state index in [2.05, 4.69) is 0 Å². The minimum Gasteiger partial charge on any atom is -0.476 e. The van der Waals surface area contributed by atoms with Crippen LogP contribution in [0.2, 0.25) is 10.0 Å². The van der Waals surface area contributed by atoms with E-state index in [9.17, 15) is 0 Å². The summed E-state index contributed by atoms with van der Waals surface area (Å²) in [5.41, 5.74) is 1.74. The van der Waals surface area contributed by atoms with Gasteiger partial charge in [0.2, 0.25) is 0 Å². The van der Waals surface area contributed by atoms with Gasteiger partial charge in [0.05, 0.1) is 10.0 Å². The van der Waals surface area contributed by atoms with E-state index >= 15 is 0 Å². The Bertz CT molecular complexity index is 749. The summed E-state index contributed by atoms with van der Waals surface area (Å²) in [7, 11) is 0. The summed E-state index contributed by atoms with van der Waals surface area (Å²) >= 11 is 12.0. The van der Waals surface area contributed by atoms with Gasteiger partial charge in [-0.15, -0.1) is 0 Å². The lowest BCUT2D eigenvalue weighted by Gasteiger charge is -2.27. The topological polar surface area (TPSA) is 56.8 Å². The summed E-state index contributed by atoms with van der Waals surface area (Å²) in [6.45, 7) is 5.63. The average Bonchev–Trinajstić information content (AvgIpc) is 2.69. The fourth-order valence-electron chi connectivity index (χ4n) is 2.32. The fourth-order valence-corrected chi connectivity index (χ4v) is 2.62. The molecule has 0 fully saturated rings. The van der Waals surface area contributed by atoms with Crippen molar-refractivity contribution in [2.24, 2.45) is 0 Å². The zero-order valence-electron chi connectivity index (χ0n) is 11.8. The SMILES string of the molecule is CC1=C(C)C(C)(c2ccc(Cl)c(Cl)c2)OC1=C(C#N)C#N. The van der Waals surface area contributed by atoms with Gasteiger partial charge in [-0.25, -0.2) is 0 Å². The lowest BCUT2D eigenvalue weighted by Crippen LogP contribution is -2.22. The van der Waals surface area contributed by atoms with Crippen LogP contribution in [-0.2, 0) is 10.3 Å². The predicted octanol–water partition coefficient (Wildman–Crippen LogP) is 4.88. The van der Waals surface area contributed by atoms with E-state index < -0.39 is 5.60 Å². The first kappa shape index (κ1) is 15.4. The lowest BCUT2D eigenvalue weighted by molar-refractivity contribution is 0.0726. The standard InChI is InChI=1S/C16H12Cl2N2O/c1-9-10(2)16(3,21-15(9)11(7-19)8-20)12-4-5-13(17)14(18)6-12/h4-6H,1-3H3. The maximum atomic E-state index is 9.04. The van der Waals surface area contributed by atoms with Gasteiger partial charge in [0.25, 0.3) is 0 Å². The minimum absolute atomic E-state index is 0.0318. The largest absolute Gasteiger partial charge is 0.476 e. The summed E-state index contributed by atoms with van der Waals surface area (Å²) in [6, 6.07) is 9.00. The molecule has 0 amide bonds. The molecule has 0 bridgehead atoms. The van der Waals surface area contributed by atoms with Gasteiger partial charge < -0.3 is 4.74 Å². The molecule has 0 aliphatic carbocycles. The lowest BCUT2D eigenvalue weighted by atomic mass is 9.88. The molecular formula is C16H12Cl2N2O. The molecule has 1 unspecified atom stereocenters. The number of hydrogen-bond donors (Lipinski definition) is 0. The average molecular weight is 319 g/mol. The van der Waals surface area contributed by atoms with Crippen LogP contribution in [0.4, 0.5) is 0 Å². The Hall–Kier alpha value is -1.94. The van der Waals surface area contributed by atoms with Crippen LogP contribution in [0.3, 0.4) is 0 Å². The molecule has 1 heterocycles. The monoisotopic (exact) mass is 318 g/mol. The summed E-state index contributed by atoms with van der Waals surface area (Å²) in [4.78, 5) is 0. The van der Waals surface area contributed by atoms with Crippen molar-refractivity contribution in [3.63, 3.8) is 0 Å². The second-order valence-corrected chi connectivity index (χ2v) is 5.76. The van der Waals surface area contributed by atoms with Crippen LogP contribution in [0.1, 0.15) is 26.3 Å². The zero-order chi connectivity index (χ0) is 15.8. The van der Waals surface area contributed by atoms with Gasteiger partial charge in [-0.3, -0.25) is 0 Å². The molecule has 3 nitrogen and oxygen atoms in total. The Morgan fingerprint density at radius 2 is 1.76 bits per heavy atom. The molecule has 0 spiro atoms. The highest BCUT2D eigenvalue weighted by molar-refractivity contribution is 6.42. The van der Waals surface area contributed by atoms with Crippen molar-refractivity contribution in [2.75, 3.05) is 0 Å². The van der Waals surface area contributed by atoms with E-state index in [4.69, 9.17) is 38.5 Å². The minimum atomic E-state index is -0.771. The second-order valence-electron chi connectivity index (χ2n) is 4.94. The van der Waals surface area contributed by atoms with Gasteiger partial charge >= 0.3 is 0 Å². The molecular weight excluding hydrogens is 307 g/mol. The number of hydrogen-bond acceptors (Lipinski definition) is 3. The predicted molar refractivity (Wildman–Crippen MR) is 81.5 cm³/mol. The van der Waals surface area contributed by atoms with E-state index in [1.807, 2.05) is 39.0 Å². The third-order valence-corrected chi connectivity index (χ3v) is 4.59. The summed E-state index contributed by atoms with van der Waals surface area (Å²) in [5, 5.41) is 19.0. The molecule has 1 aliphatic heterocycles. The van der Waals surface area contributed by atoms with Crippen molar-refractivity contribution in [1.29, 1.82) is 10.5 Å². The van der Waals surface area contributed by atoms with Crippen molar-refractivity contribution in [2.45, 2.75) is 26.4 Å². The maximum Gasteiger partial charge on any atom is 0.171 e. The first-order chi connectivity index (χ1) is 9.85. The van der Waals surface area contributed by atoms with E-state index in [1.165, 1.54) is 0 Å². The molecule has 106 valence electrons. The molecule has 0 N–H and O–H groups in total. The molecule has 0 saturated heterocycles. The highest BCUT2D eigenvalue weighted by Gasteiger charge is 2.40. The Morgan fingerprint density at radius 1 is 1.14 bits per heavy atom. The van der Waals surface area contributed by atoms with Gasteiger partial charge in [0.15, 0.2) is 16.9 Å². The molecule has 0 radical (unpaired) electrons. The smallest absolute Gasteiger partial charge is 0.171 e. The van der Waals surface area contributed by atoms with Crippen molar-refractivity contribution >= 4 is 23.2 Å². The molecule has 21 heavy (non-hydrogen) atoms. The van der Waals surface area contributed by atoms with E-state index in [-0.39, 0.29) is 5.57 Å². The van der Waals surface area contributed by atoms with Gasteiger partial charge in [-0.1, -0.05) is 29.3 Å². The van der Waals surface area contributed by atoms with Crippen LogP contribution in [0.15, 0.2) is 40.7 Å². The molecule has 0 saturated carbocycles. The van der Waals surface area contributed by atoms with Crippen LogP contribution < -0.4 is 0 Å². The number of nitrogens with zero attached hydrogens (tertiary/aromatic N) is 2. The summed E-state index contributed by atoms with van der Waals surface area (Å²) in [5.74, 6) is 0.325. The van der Waals surface area contributed by atoms with Gasteiger partial charge in [0.1, 0.15) is 12.1 Å². The van der Waals surface area contributed by atoms with E-state index in [1.54, 1.807) is 12.1 Å². The summed E-state index contributed by atoms with van der Waals surface area (Å²) < 4.78 is 5.96. The first-order valence-electron chi connectivity index (χ1n) is 6.22. The quantitative estimate of drug-likeness (QED) is 0.693. The van der Waals surface area contributed by atoms with Crippen molar-refractivity contribution < 1.29 is 4.74 Å². The first-order valence-corrected chi connectivity index (χ1v) is 6.98. The third kappa shape index (κ3) is 2.40. The van der Waals surface area contributed by atoms with Crippen LogP contribution in [0.5, 0.6) is 0 Å². The number of ether oxygens (including phenoxy) is 1. The second kappa shape index (κ2) is 5.45. The fraction of sp³-hybridized carbons (Fsp3) is 0.250. The van der Waals surface area contributed by atoms with E-state index in [0.29, 0.717) is 15.8 Å². The normalized spacial score (nSPS) is 20.8. The van der Waals surface area contributed by atoms with Gasteiger partial charge in [-0.2, -0.15) is 10.5 Å². The highest BCUT2D eigenvalue weighted by Crippen LogP contribution is 2.46. The highest BCUT2D eigenvalue weighted by atomic mass is 35.5. The Morgan fingerprint density at radius 3 is 2.29 bits per heavy atom. The molecule has 0 aromatic heterocycles. The number of halogens is 2. The number of benzene rings is 1.